The van der Waals surface area contributed by atoms with E-state index >= 15 is 0 Å². The predicted octanol–water partition coefficient (Wildman–Crippen LogP) is 2.37. The average Bonchev–Trinajstić information content (AvgIpc) is 3.37. The molecule has 1 unspecified atom stereocenters. The lowest BCUT2D eigenvalue weighted by Gasteiger charge is -2.33. The molecule has 1 atom stereocenters. The van der Waals surface area contributed by atoms with E-state index in [2.05, 4.69) is 41.9 Å². The molecule has 144 valence electrons. The molecule has 0 N–H and O–H groups in total. The van der Waals surface area contributed by atoms with Crippen LogP contribution in [-0.4, -0.2) is 49.8 Å². The largest absolute Gasteiger partial charge is 0.497 e. The highest BCUT2D eigenvalue weighted by molar-refractivity contribution is 7.09. The summed E-state index contributed by atoms with van der Waals surface area (Å²) in [6, 6.07) is 5.99. The number of fused-ring (bicyclic) bond motifs is 1. The molecule has 8 nitrogen and oxygen atoms in total. The van der Waals surface area contributed by atoms with Crippen molar-refractivity contribution in [2.75, 3.05) is 20.8 Å². The second-order valence-corrected chi connectivity index (χ2v) is 7.18. The van der Waals surface area contributed by atoms with E-state index in [9.17, 15) is 0 Å². The van der Waals surface area contributed by atoms with Crippen molar-refractivity contribution in [1.29, 1.82) is 0 Å². The molecular formula is C19H20N6O2S. The van der Waals surface area contributed by atoms with E-state index in [-0.39, 0.29) is 6.04 Å². The summed E-state index contributed by atoms with van der Waals surface area (Å²) in [5.74, 6) is 6.06. The fourth-order valence-corrected chi connectivity index (χ4v) is 4.00. The molecule has 1 aliphatic rings. The number of ether oxygens (including phenoxy) is 2. The van der Waals surface area contributed by atoms with Crippen LogP contribution in [-0.2, 0) is 13.1 Å². The van der Waals surface area contributed by atoms with Gasteiger partial charge in [-0.15, -0.1) is 16.6 Å². The molecule has 0 bridgehead atoms. The van der Waals surface area contributed by atoms with Crippen molar-refractivity contribution in [3.63, 3.8) is 0 Å². The van der Waals surface area contributed by atoms with E-state index < -0.39 is 0 Å². The number of nitrogens with zero attached hydrogens (tertiary/aromatic N) is 6. The van der Waals surface area contributed by atoms with Crippen LogP contribution in [0.3, 0.4) is 0 Å². The van der Waals surface area contributed by atoms with Gasteiger partial charge in [-0.2, -0.15) is 4.37 Å². The van der Waals surface area contributed by atoms with Gasteiger partial charge in [0, 0.05) is 31.3 Å². The van der Waals surface area contributed by atoms with Gasteiger partial charge >= 0.3 is 0 Å². The first-order valence-electron chi connectivity index (χ1n) is 8.83. The summed E-state index contributed by atoms with van der Waals surface area (Å²) in [4.78, 5) is 6.69. The highest BCUT2D eigenvalue weighted by atomic mass is 32.1. The molecular weight excluding hydrogens is 376 g/mol. The molecule has 0 amide bonds. The monoisotopic (exact) mass is 396 g/mol. The maximum absolute atomic E-state index is 5.54. The minimum Gasteiger partial charge on any atom is -0.497 e. The van der Waals surface area contributed by atoms with Gasteiger partial charge in [-0.05, 0) is 30.4 Å². The summed E-state index contributed by atoms with van der Waals surface area (Å²) in [5.41, 5.74) is 1.10. The number of hydrogen-bond acceptors (Lipinski definition) is 8. The van der Waals surface area contributed by atoms with Crippen molar-refractivity contribution in [3.05, 3.63) is 35.4 Å². The van der Waals surface area contributed by atoms with E-state index in [1.807, 2.05) is 18.2 Å². The summed E-state index contributed by atoms with van der Waals surface area (Å²) in [5, 5.41) is 9.47. The molecule has 3 aromatic rings. The summed E-state index contributed by atoms with van der Waals surface area (Å²) in [6.45, 7) is 4.50. The molecule has 0 fully saturated rings. The van der Waals surface area contributed by atoms with Gasteiger partial charge in [-0.3, -0.25) is 4.90 Å². The van der Waals surface area contributed by atoms with Crippen LogP contribution in [0.4, 0.5) is 0 Å². The molecule has 28 heavy (non-hydrogen) atoms. The summed E-state index contributed by atoms with van der Waals surface area (Å²) in [7, 11) is 3.32. The quantitative estimate of drug-likeness (QED) is 0.613. The van der Waals surface area contributed by atoms with Crippen LogP contribution in [0.5, 0.6) is 11.5 Å². The zero-order chi connectivity index (χ0) is 19.7. The zero-order valence-corrected chi connectivity index (χ0v) is 16.7. The van der Waals surface area contributed by atoms with Gasteiger partial charge in [0.1, 0.15) is 11.5 Å². The first kappa shape index (κ1) is 18.4. The van der Waals surface area contributed by atoms with Gasteiger partial charge in [-0.25, -0.2) is 4.98 Å². The van der Waals surface area contributed by atoms with Crippen molar-refractivity contribution in [2.24, 2.45) is 0 Å². The third kappa shape index (κ3) is 3.21. The lowest BCUT2D eigenvalue weighted by Crippen LogP contribution is -2.36. The predicted molar refractivity (Wildman–Crippen MR) is 105 cm³/mol. The molecule has 0 spiro atoms. The van der Waals surface area contributed by atoms with Crippen molar-refractivity contribution in [2.45, 2.75) is 26.1 Å². The van der Waals surface area contributed by atoms with Crippen LogP contribution in [0.2, 0.25) is 0 Å². The number of terminal acetylenes is 1. The fraction of sp³-hybridized carbons (Fsp3) is 0.368. The Labute approximate surface area is 167 Å². The second-order valence-electron chi connectivity index (χ2n) is 6.43. The van der Waals surface area contributed by atoms with Crippen LogP contribution < -0.4 is 9.47 Å². The van der Waals surface area contributed by atoms with Gasteiger partial charge in [0.25, 0.3) is 0 Å². The molecule has 4 rings (SSSR count). The Morgan fingerprint density at radius 3 is 2.82 bits per heavy atom. The molecule has 9 heteroatoms. The lowest BCUT2D eigenvalue weighted by atomic mass is 10.1. The molecule has 0 saturated carbocycles. The zero-order valence-electron chi connectivity index (χ0n) is 15.9. The van der Waals surface area contributed by atoms with Crippen LogP contribution >= 0.6 is 11.5 Å². The second kappa shape index (κ2) is 7.58. The topological polar surface area (TPSA) is 78.2 Å². The average molecular weight is 396 g/mol. The Hall–Kier alpha value is -2.96. The van der Waals surface area contributed by atoms with Gasteiger partial charge in [0.15, 0.2) is 16.7 Å². The Morgan fingerprint density at radius 1 is 1.25 bits per heavy atom. The third-order valence-electron chi connectivity index (χ3n) is 4.93. The first-order chi connectivity index (χ1) is 13.6. The molecule has 0 saturated heterocycles. The smallest absolute Gasteiger partial charge is 0.217 e. The highest BCUT2D eigenvalue weighted by Gasteiger charge is 2.30. The Kier molecular flexibility index (Phi) is 4.98. The maximum Gasteiger partial charge on any atom is 0.217 e. The Bertz CT molecular complexity index is 1040. The van der Waals surface area contributed by atoms with Crippen LogP contribution in [0.15, 0.2) is 18.2 Å². The van der Waals surface area contributed by atoms with E-state index in [1.165, 1.54) is 11.5 Å². The molecule has 1 aromatic carbocycles. The number of aromatic nitrogens is 5. The Balaban J connectivity index is 1.58. The van der Waals surface area contributed by atoms with Gasteiger partial charge < -0.3 is 14.0 Å². The van der Waals surface area contributed by atoms with Crippen LogP contribution in [0, 0.1) is 12.3 Å². The summed E-state index contributed by atoms with van der Waals surface area (Å²) in [6.07, 6.45) is 5.37. The van der Waals surface area contributed by atoms with Crippen LogP contribution in [0.1, 0.15) is 30.2 Å². The minimum absolute atomic E-state index is 0.0989. The van der Waals surface area contributed by atoms with Crippen LogP contribution in [0.25, 0.3) is 10.8 Å². The van der Waals surface area contributed by atoms with Gasteiger partial charge in [-0.1, -0.05) is 6.07 Å². The van der Waals surface area contributed by atoms with Crippen molar-refractivity contribution < 1.29 is 9.47 Å². The van der Waals surface area contributed by atoms with Crippen molar-refractivity contribution >= 4 is 11.5 Å². The standard InChI is InChI=1S/C19H20N6O2S/c1-5-16-20-19(28-23-16)18-22-21-17-12(2)24(8-9-25(17)18)11-13-6-7-14(26-3)10-15(13)27-4/h1,6-7,10,12H,8-9,11H2,2-4H3. The van der Waals surface area contributed by atoms with Gasteiger partial charge in [0.2, 0.25) is 5.82 Å². The third-order valence-corrected chi connectivity index (χ3v) is 5.64. The minimum atomic E-state index is 0.0989. The van der Waals surface area contributed by atoms with E-state index in [0.717, 1.165) is 48.3 Å². The maximum atomic E-state index is 5.54. The fourth-order valence-electron chi connectivity index (χ4n) is 3.38. The summed E-state index contributed by atoms with van der Waals surface area (Å²) >= 11 is 1.25. The first-order valence-corrected chi connectivity index (χ1v) is 9.60. The molecule has 1 aliphatic heterocycles. The summed E-state index contributed by atoms with van der Waals surface area (Å²) < 4.78 is 17.1. The molecule has 2 aromatic heterocycles. The van der Waals surface area contributed by atoms with E-state index in [1.54, 1.807) is 14.2 Å². The number of hydrogen-bond donors (Lipinski definition) is 0. The highest BCUT2D eigenvalue weighted by Crippen LogP contribution is 2.32. The number of rotatable bonds is 5. The SMILES string of the molecule is C#Cc1nsc(-c2nnc3n2CCN(Cc2ccc(OC)cc2OC)C3C)n1. The van der Waals surface area contributed by atoms with Crippen molar-refractivity contribution in [1.82, 2.24) is 29.0 Å². The van der Waals surface area contributed by atoms with Crippen molar-refractivity contribution in [3.8, 4) is 34.7 Å². The molecule has 0 aliphatic carbocycles. The van der Waals surface area contributed by atoms with Gasteiger partial charge in [0.05, 0.1) is 20.3 Å². The van der Waals surface area contributed by atoms with E-state index in [0.29, 0.717) is 10.8 Å². The molecule has 3 heterocycles. The number of methoxy groups -OCH3 is 2. The normalized spacial score (nSPS) is 16.4. The Morgan fingerprint density at radius 2 is 2.11 bits per heavy atom. The number of benzene rings is 1. The molecule has 0 radical (unpaired) electrons. The van der Waals surface area contributed by atoms with E-state index in [4.69, 9.17) is 15.9 Å². The lowest BCUT2D eigenvalue weighted by molar-refractivity contribution is 0.155.